The van der Waals surface area contributed by atoms with Gasteiger partial charge in [-0.05, 0) is 31.1 Å². The Hall–Kier alpha value is -0.830. The highest BCUT2D eigenvalue weighted by atomic mass is 35.5. The smallest absolute Gasteiger partial charge is 0.149 e. The van der Waals surface area contributed by atoms with Gasteiger partial charge in [-0.2, -0.15) is 0 Å². The molecule has 4 heteroatoms. The molecule has 0 radical (unpaired) electrons. The first kappa shape index (κ1) is 8.48. The zero-order valence-corrected chi connectivity index (χ0v) is 8.54. The molecule has 1 aromatic heterocycles. The van der Waals surface area contributed by atoms with Crippen molar-refractivity contribution in [3.8, 4) is 0 Å². The predicted molar refractivity (Wildman–Crippen MR) is 55.3 cm³/mol. The number of nitrogens with zero attached hydrogens (tertiary/aromatic N) is 2. The summed E-state index contributed by atoms with van der Waals surface area (Å²) in [6.07, 6.45) is 7.42. The number of hydrogen-bond acceptors (Lipinski definition) is 3. The van der Waals surface area contributed by atoms with Crippen molar-refractivity contribution in [1.29, 1.82) is 0 Å². The number of halogens is 1. The third kappa shape index (κ3) is 1.69. The summed E-state index contributed by atoms with van der Waals surface area (Å²) in [6.45, 7) is 0. The Balaban J connectivity index is 1.62. The maximum Gasteiger partial charge on any atom is 0.149 e. The van der Waals surface area contributed by atoms with E-state index in [1.54, 1.807) is 12.4 Å². The minimum Gasteiger partial charge on any atom is -0.366 e. The Bertz CT molecular complexity index is 351. The molecule has 1 aromatic rings. The molecule has 0 aliphatic heterocycles. The van der Waals surface area contributed by atoms with Gasteiger partial charge in [-0.1, -0.05) is 11.6 Å². The lowest BCUT2D eigenvalue weighted by atomic mass is 10.3. The van der Waals surface area contributed by atoms with Gasteiger partial charge in [-0.15, -0.1) is 0 Å². The second-order valence-electron chi connectivity index (χ2n) is 4.21. The topological polar surface area (TPSA) is 37.8 Å². The Morgan fingerprint density at radius 2 is 2.21 bits per heavy atom. The van der Waals surface area contributed by atoms with Crippen molar-refractivity contribution >= 4 is 17.4 Å². The summed E-state index contributed by atoms with van der Waals surface area (Å²) in [7, 11) is 0. The van der Waals surface area contributed by atoms with E-state index in [0.29, 0.717) is 11.2 Å². The van der Waals surface area contributed by atoms with E-state index in [-0.39, 0.29) is 0 Å². The first-order valence-corrected chi connectivity index (χ1v) is 5.45. The molecule has 0 spiro atoms. The van der Waals surface area contributed by atoms with Gasteiger partial charge in [-0.3, -0.25) is 4.98 Å². The lowest BCUT2D eigenvalue weighted by molar-refractivity contribution is 0.696. The average Bonchev–Trinajstić information content (AvgIpc) is 2.96. The molecule has 2 fully saturated rings. The van der Waals surface area contributed by atoms with Gasteiger partial charge in [0.2, 0.25) is 0 Å². The van der Waals surface area contributed by atoms with Crippen LogP contribution >= 0.6 is 11.6 Å². The van der Waals surface area contributed by atoms with Crippen LogP contribution in [-0.2, 0) is 0 Å². The van der Waals surface area contributed by atoms with E-state index in [1.807, 2.05) is 0 Å². The Labute approximate surface area is 87.9 Å². The quantitative estimate of drug-likeness (QED) is 0.831. The predicted octanol–water partition coefficient (Wildman–Crippen LogP) is 2.34. The maximum absolute atomic E-state index is 5.75. The summed E-state index contributed by atoms with van der Waals surface area (Å²) in [5, 5.41) is 3.83. The highest BCUT2D eigenvalue weighted by Gasteiger charge is 2.47. The summed E-state index contributed by atoms with van der Waals surface area (Å²) in [4.78, 5) is 8.15. The van der Waals surface area contributed by atoms with E-state index in [4.69, 9.17) is 11.6 Å². The van der Waals surface area contributed by atoms with Crippen molar-refractivity contribution in [3.05, 3.63) is 17.5 Å². The van der Waals surface area contributed by atoms with E-state index in [0.717, 1.165) is 17.7 Å². The van der Waals surface area contributed by atoms with Crippen molar-refractivity contribution in [2.75, 3.05) is 5.32 Å². The Morgan fingerprint density at radius 3 is 2.93 bits per heavy atom. The molecular weight excluding hydrogens is 198 g/mol. The molecule has 3 rings (SSSR count). The number of aromatic nitrogens is 2. The van der Waals surface area contributed by atoms with Crippen LogP contribution in [0.4, 0.5) is 5.82 Å². The third-order valence-electron chi connectivity index (χ3n) is 3.01. The van der Waals surface area contributed by atoms with Crippen LogP contribution in [0.2, 0.25) is 5.15 Å². The summed E-state index contributed by atoms with van der Waals surface area (Å²) in [5.74, 6) is 2.68. The minimum absolute atomic E-state index is 0.457. The molecule has 0 unspecified atom stereocenters. The van der Waals surface area contributed by atoms with Crippen LogP contribution in [0, 0.1) is 11.8 Å². The molecule has 1 heterocycles. The first-order chi connectivity index (χ1) is 6.83. The molecule has 0 bridgehead atoms. The SMILES string of the molecule is Clc1cncc(N[C@@H]2C[C@H]2C2CC2)n1. The van der Waals surface area contributed by atoms with E-state index in [1.165, 1.54) is 19.3 Å². The fourth-order valence-corrected chi connectivity index (χ4v) is 2.18. The van der Waals surface area contributed by atoms with Crippen LogP contribution in [0.5, 0.6) is 0 Å². The lowest BCUT2D eigenvalue weighted by Gasteiger charge is -2.03. The largest absolute Gasteiger partial charge is 0.366 e. The lowest BCUT2D eigenvalue weighted by Crippen LogP contribution is -2.07. The fourth-order valence-electron chi connectivity index (χ4n) is 2.03. The summed E-state index contributed by atoms with van der Waals surface area (Å²) >= 11 is 5.75. The average molecular weight is 210 g/mol. The monoisotopic (exact) mass is 209 g/mol. The van der Waals surface area contributed by atoms with Gasteiger partial charge in [0.25, 0.3) is 0 Å². The van der Waals surface area contributed by atoms with Gasteiger partial charge in [0, 0.05) is 6.04 Å². The molecule has 2 saturated carbocycles. The number of anilines is 1. The van der Waals surface area contributed by atoms with Crippen molar-refractivity contribution in [2.24, 2.45) is 11.8 Å². The van der Waals surface area contributed by atoms with E-state index < -0.39 is 0 Å². The van der Waals surface area contributed by atoms with Crippen LogP contribution in [-0.4, -0.2) is 16.0 Å². The summed E-state index contributed by atoms with van der Waals surface area (Å²) in [6, 6.07) is 0.621. The zero-order chi connectivity index (χ0) is 9.54. The molecule has 0 amide bonds. The normalized spacial score (nSPS) is 30.1. The number of rotatable bonds is 3. The van der Waals surface area contributed by atoms with Crippen LogP contribution in [0.3, 0.4) is 0 Å². The molecule has 0 saturated heterocycles. The molecule has 1 N–H and O–H groups in total. The van der Waals surface area contributed by atoms with Gasteiger partial charge >= 0.3 is 0 Å². The van der Waals surface area contributed by atoms with Crippen molar-refractivity contribution in [2.45, 2.75) is 25.3 Å². The molecule has 2 aliphatic carbocycles. The van der Waals surface area contributed by atoms with Gasteiger partial charge in [0.15, 0.2) is 0 Å². The molecule has 3 nitrogen and oxygen atoms in total. The van der Waals surface area contributed by atoms with Crippen LogP contribution < -0.4 is 5.32 Å². The van der Waals surface area contributed by atoms with Gasteiger partial charge in [0.1, 0.15) is 11.0 Å². The highest BCUT2D eigenvalue weighted by molar-refractivity contribution is 6.29. The van der Waals surface area contributed by atoms with Crippen LogP contribution in [0.25, 0.3) is 0 Å². The van der Waals surface area contributed by atoms with Crippen molar-refractivity contribution < 1.29 is 0 Å². The van der Waals surface area contributed by atoms with Crippen molar-refractivity contribution in [3.63, 3.8) is 0 Å². The van der Waals surface area contributed by atoms with Crippen molar-refractivity contribution in [1.82, 2.24) is 9.97 Å². The van der Waals surface area contributed by atoms with Gasteiger partial charge < -0.3 is 5.32 Å². The van der Waals surface area contributed by atoms with Gasteiger partial charge in [0.05, 0.1) is 12.4 Å². The van der Waals surface area contributed by atoms with E-state index in [9.17, 15) is 0 Å². The van der Waals surface area contributed by atoms with E-state index in [2.05, 4.69) is 15.3 Å². The van der Waals surface area contributed by atoms with Gasteiger partial charge in [-0.25, -0.2) is 4.98 Å². The number of hydrogen-bond donors (Lipinski definition) is 1. The zero-order valence-electron chi connectivity index (χ0n) is 7.78. The molecule has 14 heavy (non-hydrogen) atoms. The number of nitrogens with one attached hydrogen (secondary N) is 1. The van der Waals surface area contributed by atoms with E-state index >= 15 is 0 Å². The third-order valence-corrected chi connectivity index (χ3v) is 3.19. The van der Waals surface area contributed by atoms with Crippen LogP contribution in [0.1, 0.15) is 19.3 Å². The molecule has 2 aliphatic rings. The second-order valence-corrected chi connectivity index (χ2v) is 4.60. The molecule has 2 atom stereocenters. The van der Waals surface area contributed by atoms with Crippen LogP contribution in [0.15, 0.2) is 12.4 Å². The Morgan fingerprint density at radius 1 is 1.36 bits per heavy atom. The fraction of sp³-hybridized carbons (Fsp3) is 0.600. The summed E-state index contributed by atoms with van der Waals surface area (Å²) < 4.78 is 0. The minimum atomic E-state index is 0.457. The standard InChI is InChI=1S/C10H12ClN3/c11-9-4-12-5-10(14-9)13-8-3-7(8)6-1-2-6/h4-8H,1-3H2,(H,13,14)/t7-,8+/m0/s1. The summed E-state index contributed by atoms with van der Waals surface area (Å²) in [5.41, 5.74) is 0. The maximum atomic E-state index is 5.75. The highest BCUT2D eigenvalue weighted by Crippen LogP contribution is 2.50. The molecule has 74 valence electrons. The molecule has 0 aromatic carbocycles. The second kappa shape index (κ2) is 3.09. The molecular formula is C10H12ClN3. The first-order valence-electron chi connectivity index (χ1n) is 5.07. The Kier molecular flexibility index (Phi) is 1.87.